The van der Waals surface area contributed by atoms with Crippen molar-refractivity contribution in [3.05, 3.63) is 116 Å². The van der Waals surface area contributed by atoms with Crippen molar-refractivity contribution in [3.8, 4) is 23.0 Å². The number of thioether (sulfide) groups is 1. The van der Waals surface area contributed by atoms with Gasteiger partial charge in [0.1, 0.15) is 25.4 Å². The number of aryl methyl sites for hydroxylation is 4. The monoisotopic (exact) mass is 944 g/mol. The third-order valence-electron chi connectivity index (χ3n) is 10.6. The average Bonchev–Trinajstić information content (AvgIpc) is 3.20. The van der Waals surface area contributed by atoms with E-state index >= 15 is 0 Å². The van der Waals surface area contributed by atoms with E-state index < -0.39 is 32.9 Å². The molecule has 66 heavy (non-hydrogen) atoms. The van der Waals surface area contributed by atoms with Crippen LogP contribution in [0.4, 0.5) is 0 Å². The Bertz CT molecular complexity index is 2580. The lowest BCUT2D eigenvalue weighted by molar-refractivity contribution is 0.0356. The Morgan fingerprint density at radius 3 is 1.33 bits per heavy atom. The van der Waals surface area contributed by atoms with Crippen molar-refractivity contribution in [1.29, 1.82) is 0 Å². The number of hydrazine groups is 2. The number of nitrogens with zero attached hydrogens (tertiary/aromatic N) is 2. The molecule has 0 unspecified atom stereocenters. The molecule has 0 fully saturated rings. The smallest absolute Gasteiger partial charge is 0.272 e. The van der Waals surface area contributed by atoms with Crippen molar-refractivity contribution in [2.24, 2.45) is 0 Å². The molecule has 4 amide bonds. The zero-order valence-electron chi connectivity index (χ0n) is 40.6. The standard InChI is InChI=1S/C25H32N2O6S.C25H32N2O4S/c1-15-10-16(2)12-18(11-15)24(29)27(25(4,5)6)26-23(28)20-8-9-21-22(17(20)3)33-19(13-32-21)14-34(7,30)31;1-15-10-16(2)12-18(11-15)24(29)27(25(4,5)6)26-23(28)20-8-9-21-22(17(20)3)31-19(13-30-21)14-32-7/h8-12,19H,13-14H2,1-7H3,(H,26,28);8-12,19H,13-14H2,1-7H3,(H,26,28)/t2*19-/m11/s1. The Kier molecular flexibility index (Phi) is 15.9. The first-order valence-electron chi connectivity index (χ1n) is 21.7. The van der Waals surface area contributed by atoms with Gasteiger partial charge in [-0.1, -0.05) is 34.4 Å². The Morgan fingerprint density at radius 1 is 0.621 bits per heavy atom. The van der Waals surface area contributed by atoms with Crippen molar-refractivity contribution in [3.63, 3.8) is 0 Å². The lowest BCUT2D eigenvalue weighted by atomic mass is 10.0. The Labute approximate surface area is 393 Å². The van der Waals surface area contributed by atoms with Gasteiger partial charge in [0, 0.05) is 45.4 Å². The predicted octanol–water partition coefficient (Wildman–Crippen LogP) is 8.08. The third-order valence-corrected chi connectivity index (χ3v) is 12.3. The summed E-state index contributed by atoms with van der Waals surface area (Å²) in [7, 11) is -3.27. The van der Waals surface area contributed by atoms with Crippen molar-refractivity contribution < 1.29 is 46.5 Å². The molecule has 0 bridgehead atoms. The molecule has 2 N–H and O–H groups in total. The fourth-order valence-electron chi connectivity index (χ4n) is 7.62. The summed E-state index contributed by atoms with van der Waals surface area (Å²) in [5.41, 5.74) is 11.1. The zero-order valence-corrected chi connectivity index (χ0v) is 42.2. The maximum atomic E-state index is 13.4. The summed E-state index contributed by atoms with van der Waals surface area (Å²) in [4.78, 5) is 53.3. The summed E-state index contributed by atoms with van der Waals surface area (Å²) < 4.78 is 46.8. The Balaban J connectivity index is 0.000000248. The van der Waals surface area contributed by atoms with E-state index in [4.69, 9.17) is 18.9 Å². The first kappa shape index (κ1) is 51.2. The third kappa shape index (κ3) is 12.8. The van der Waals surface area contributed by atoms with Gasteiger partial charge in [-0.25, -0.2) is 18.4 Å². The largest absolute Gasteiger partial charge is 0.486 e. The van der Waals surface area contributed by atoms with Gasteiger partial charge < -0.3 is 18.9 Å². The number of sulfone groups is 1. The van der Waals surface area contributed by atoms with Gasteiger partial charge >= 0.3 is 0 Å². The minimum atomic E-state index is -3.27. The van der Waals surface area contributed by atoms with Crippen LogP contribution in [0, 0.1) is 41.5 Å². The molecule has 2 aliphatic rings. The second kappa shape index (κ2) is 20.4. The van der Waals surface area contributed by atoms with E-state index in [-0.39, 0.29) is 36.2 Å². The second-order valence-corrected chi connectivity index (χ2v) is 22.1. The van der Waals surface area contributed by atoms with Crippen LogP contribution in [-0.2, 0) is 9.84 Å². The summed E-state index contributed by atoms with van der Waals surface area (Å²) in [5.74, 6) is 1.18. The van der Waals surface area contributed by atoms with Gasteiger partial charge in [-0.15, -0.1) is 0 Å². The van der Waals surface area contributed by atoms with Crippen molar-refractivity contribution >= 4 is 45.2 Å². The molecule has 2 heterocycles. The predicted molar refractivity (Wildman–Crippen MR) is 259 cm³/mol. The van der Waals surface area contributed by atoms with Gasteiger partial charge in [0.2, 0.25) is 0 Å². The quantitative estimate of drug-likeness (QED) is 0.164. The topological polar surface area (TPSA) is 170 Å². The van der Waals surface area contributed by atoms with Crippen LogP contribution in [0.1, 0.15) is 116 Å². The number of hydrogen-bond acceptors (Lipinski definition) is 11. The van der Waals surface area contributed by atoms with E-state index in [0.29, 0.717) is 63.0 Å². The molecule has 0 saturated heterocycles. The normalized spacial score (nSPS) is 15.4. The van der Waals surface area contributed by atoms with Crippen LogP contribution < -0.4 is 29.8 Å². The van der Waals surface area contributed by atoms with Crippen LogP contribution in [-0.4, -0.2) is 103 Å². The molecule has 2 atom stereocenters. The van der Waals surface area contributed by atoms with E-state index in [9.17, 15) is 27.6 Å². The molecule has 356 valence electrons. The molecule has 0 aliphatic carbocycles. The van der Waals surface area contributed by atoms with Gasteiger partial charge in [0.25, 0.3) is 23.6 Å². The highest BCUT2D eigenvalue weighted by Gasteiger charge is 2.34. The van der Waals surface area contributed by atoms with Gasteiger partial charge in [-0.05, 0) is 138 Å². The lowest BCUT2D eigenvalue weighted by Gasteiger charge is -2.36. The maximum absolute atomic E-state index is 13.4. The summed E-state index contributed by atoms with van der Waals surface area (Å²) in [6.45, 7) is 23.0. The summed E-state index contributed by atoms with van der Waals surface area (Å²) in [5, 5.41) is 2.72. The highest BCUT2D eigenvalue weighted by atomic mass is 32.2. The zero-order chi connectivity index (χ0) is 49.1. The van der Waals surface area contributed by atoms with Crippen molar-refractivity contribution in [1.82, 2.24) is 20.9 Å². The van der Waals surface area contributed by atoms with Crippen LogP contribution in [0.25, 0.3) is 0 Å². The molecule has 2 aliphatic heterocycles. The number of rotatable bonds is 8. The summed E-state index contributed by atoms with van der Waals surface area (Å²) in [6.07, 6.45) is 2.42. The Hall–Kier alpha value is -5.74. The molecule has 0 saturated carbocycles. The van der Waals surface area contributed by atoms with E-state index in [1.165, 1.54) is 10.0 Å². The van der Waals surface area contributed by atoms with E-state index in [2.05, 4.69) is 10.9 Å². The molecular weight excluding hydrogens is 881 g/mol. The number of ether oxygens (including phenoxy) is 4. The van der Waals surface area contributed by atoms with Gasteiger partial charge in [-0.2, -0.15) is 11.8 Å². The van der Waals surface area contributed by atoms with Crippen molar-refractivity contribution in [2.75, 3.05) is 37.2 Å². The maximum Gasteiger partial charge on any atom is 0.272 e. The molecule has 16 heteroatoms. The number of carbonyl (C=O) groups excluding carboxylic acids is 4. The van der Waals surface area contributed by atoms with Gasteiger partial charge in [0.15, 0.2) is 32.8 Å². The lowest BCUT2D eigenvalue weighted by Crippen LogP contribution is -2.56. The fraction of sp³-hybridized carbons (Fsp3) is 0.440. The van der Waals surface area contributed by atoms with Crippen LogP contribution in [0.15, 0.2) is 60.7 Å². The molecule has 6 rings (SSSR count). The highest BCUT2D eigenvalue weighted by Crippen LogP contribution is 2.39. The summed E-state index contributed by atoms with van der Waals surface area (Å²) >= 11 is 1.68. The SMILES string of the molecule is CSC[C@H]1COc2ccc(C(=O)NN(C(=O)c3cc(C)cc(C)c3)C(C)(C)C)c(C)c2O1.Cc1cc(C)cc(C(=O)N(NC(=O)c2ccc3c(c2C)O[C@@H](CS(C)(=O)=O)CO3)C(C)(C)C)c1. The Morgan fingerprint density at radius 2 is 0.985 bits per heavy atom. The first-order valence-corrected chi connectivity index (χ1v) is 25.1. The minimum absolute atomic E-state index is 0.0632. The molecule has 4 aromatic carbocycles. The minimum Gasteiger partial charge on any atom is -0.486 e. The molecule has 4 aromatic rings. The highest BCUT2D eigenvalue weighted by molar-refractivity contribution is 7.98. The second-order valence-electron chi connectivity index (χ2n) is 19.0. The molecule has 0 radical (unpaired) electrons. The van der Waals surface area contributed by atoms with Crippen LogP contribution in [0.2, 0.25) is 0 Å². The van der Waals surface area contributed by atoms with E-state index in [1.807, 2.05) is 107 Å². The fourth-order valence-corrected chi connectivity index (χ4v) is 9.00. The molecule has 0 spiro atoms. The van der Waals surface area contributed by atoms with Crippen LogP contribution >= 0.6 is 11.8 Å². The van der Waals surface area contributed by atoms with E-state index in [0.717, 1.165) is 34.3 Å². The first-order chi connectivity index (χ1) is 30.7. The number of nitrogens with one attached hydrogen (secondary N) is 2. The number of carbonyl (C=O) groups is 4. The molecule has 14 nitrogen and oxygen atoms in total. The number of hydrogen-bond donors (Lipinski definition) is 2. The van der Waals surface area contributed by atoms with Crippen molar-refractivity contribution in [2.45, 2.75) is 106 Å². The number of benzene rings is 4. The average molecular weight is 945 g/mol. The summed E-state index contributed by atoms with van der Waals surface area (Å²) in [6, 6.07) is 17.9. The molecule has 0 aromatic heterocycles. The number of amides is 4. The molecular formula is C50H64N4O10S2. The van der Waals surface area contributed by atoms with E-state index in [1.54, 1.807) is 55.1 Å². The number of fused-ring (bicyclic) bond motifs is 2. The van der Waals surface area contributed by atoms with Gasteiger partial charge in [-0.3, -0.25) is 30.0 Å². The van der Waals surface area contributed by atoms with Crippen LogP contribution in [0.5, 0.6) is 23.0 Å². The van der Waals surface area contributed by atoms with Gasteiger partial charge in [0.05, 0.1) is 16.8 Å². The van der Waals surface area contributed by atoms with Crippen LogP contribution in [0.3, 0.4) is 0 Å².